The van der Waals surface area contributed by atoms with Crippen LogP contribution in [0.25, 0.3) is 0 Å². The molecule has 2 atom stereocenters. The van der Waals surface area contributed by atoms with Gasteiger partial charge in [0.2, 0.25) is 5.91 Å². The molecule has 1 N–H and O–H groups in total. The van der Waals surface area contributed by atoms with Crippen molar-refractivity contribution in [2.45, 2.75) is 25.3 Å². The Labute approximate surface area is 112 Å². The van der Waals surface area contributed by atoms with Crippen LogP contribution in [0.3, 0.4) is 0 Å². The van der Waals surface area contributed by atoms with Crippen LogP contribution in [0.15, 0.2) is 24.3 Å². The third-order valence-electron chi connectivity index (χ3n) is 4.23. The first-order chi connectivity index (χ1) is 9.28. The molecule has 4 nitrogen and oxygen atoms in total. The second-order valence-corrected chi connectivity index (χ2v) is 5.38. The van der Waals surface area contributed by atoms with Crippen molar-refractivity contribution in [3.63, 3.8) is 0 Å². The van der Waals surface area contributed by atoms with Gasteiger partial charge >= 0.3 is 0 Å². The number of piperidine rings is 2. The highest BCUT2D eigenvalue weighted by atomic mass is 16.1. The molecule has 2 fully saturated rings. The van der Waals surface area contributed by atoms with Gasteiger partial charge in [-0.2, -0.15) is 0 Å². The SMILES string of the molecule is O=Cc1ccccc1N1CCC2NC(=O)CCC2C1. The summed E-state index contributed by atoms with van der Waals surface area (Å²) in [5.41, 5.74) is 1.77. The first kappa shape index (κ1) is 12.2. The Kier molecular flexibility index (Phi) is 3.23. The monoisotopic (exact) mass is 258 g/mol. The largest absolute Gasteiger partial charge is 0.371 e. The Morgan fingerprint density at radius 1 is 1.26 bits per heavy atom. The van der Waals surface area contributed by atoms with E-state index in [-0.39, 0.29) is 5.91 Å². The van der Waals surface area contributed by atoms with Crippen LogP contribution >= 0.6 is 0 Å². The van der Waals surface area contributed by atoms with Gasteiger partial charge in [0.15, 0.2) is 6.29 Å². The average Bonchev–Trinajstić information content (AvgIpc) is 2.46. The summed E-state index contributed by atoms with van der Waals surface area (Å²) in [5, 5.41) is 3.08. The number of aldehydes is 1. The third kappa shape index (κ3) is 2.35. The van der Waals surface area contributed by atoms with Gasteiger partial charge in [-0.05, 0) is 30.9 Å². The molecule has 0 radical (unpaired) electrons. The van der Waals surface area contributed by atoms with Crippen LogP contribution < -0.4 is 10.2 Å². The molecule has 2 aliphatic rings. The number of nitrogens with zero attached hydrogens (tertiary/aromatic N) is 1. The van der Waals surface area contributed by atoms with E-state index in [0.717, 1.165) is 43.5 Å². The van der Waals surface area contributed by atoms with Gasteiger partial charge in [0, 0.05) is 36.8 Å². The van der Waals surface area contributed by atoms with Crippen LogP contribution in [-0.2, 0) is 4.79 Å². The summed E-state index contributed by atoms with van der Waals surface area (Å²) in [4.78, 5) is 24.8. The van der Waals surface area contributed by atoms with E-state index in [1.165, 1.54) is 0 Å². The van der Waals surface area contributed by atoms with Gasteiger partial charge in [-0.1, -0.05) is 12.1 Å². The maximum Gasteiger partial charge on any atom is 0.220 e. The molecule has 0 aromatic heterocycles. The minimum Gasteiger partial charge on any atom is -0.371 e. The number of fused-ring (bicyclic) bond motifs is 1. The molecule has 2 unspecified atom stereocenters. The predicted octanol–water partition coefficient (Wildman–Crippen LogP) is 1.60. The maximum atomic E-state index is 11.4. The molecule has 1 amide bonds. The zero-order valence-electron chi connectivity index (χ0n) is 10.8. The molecular weight excluding hydrogens is 240 g/mol. The van der Waals surface area contributed by atoms with Crippen LogP contribution in [0.2, 0.25) is 0 Å². The van der Waals surface area contributed by atoms with Gasteiger partial charge in [0.25, 0.3) is 0 Å². The van der Waals surface area contributed by atoms with Gasteiger partial charge in [-0.3, -0.25) is 9.59 Å². The van der Waals surface area contributed by atoms with Crippen molar-refractivity contribution < 1.29 is 9.59 Å². The Morgan fingerprint density at radius 2 is 2.11 bits per heavy atom. The topological polar surface area (TPSA) is 49.4 Å². The summed E-state index contributed by atoms with van der Waals surface area (Å²) in [5.74, 6) is 0.689. The van der Waals surface area contributed by atoms with E-state index >= 15 is 0 Å². The molecule has 1 aromatic rings. The van der Waals surface area contributed by atoms with Crippen LogP contribution in [-0.4, -0.2) is 31.3 Å². The lowest BCUT2D eigenvalue weighted by Crippen LogP contribution is -2.54. The van der Waals surface area contributed by atoms with Gasteiger partial charge in [-0.15, -0.1) is 0 Å². The Bertz CT molecular complexity index is 501. The van der Waals surface area contributed by atoms with Crippen LogP contribution in [0.1, 0.15) is 29.6 Å². The smallest absolute Gasteiger partial charge is 0.220 e. The number of hydrogen-bond acceptors (Lipinski definition) is 3. The Hall–Kier alpha value is -1.84. The maximum absolute atomic E-state index is 11.4. The predicted molar refractivity (Wildman–Crippen MR) is 73.3 cm³/mol. The molecule has 19 heavy (non-hydrogen) atoms. The second-order valence-electron chi connectivity index (χ2n) is 5.38. The van der Waals surface area contributed by atoms with E-state index in [1.54, 1.807) is 0 Å². The minimum atomic E-state index is 0.183. The third-order valence-corrected chi connectivity index (χ3v) is 4.23. The molecule has 2 heterocycles. The standard InChI is InChI=1S/C15H18N2O2/c18-10-12-3-1-2-4-14(12)17-8-7-13-11(9-17)5-6-15(19)16-13/h1-4,10-11,13H,5-9H2,(H,16,19). The van der Waals surface area contributed by atoms with E-state index in [4.69, 9.17) is 0 Å². The lowest BCUT2D eigenvalue weighted by atomic mass is 9.85. The molecule has 4 heteroatoms. The van der Waals surface area contributed by atoms with E-state index in [1.807, 2.05) is 24.3 Å². The lowest BCUT2D eigenvalue weighted by molar-refractivity contribution is -0.124. The van der Waals surface area contributed by atoms with E-state index in [0.29, 0.717) is 18.4 Å². The number of amides is 1. The Balaban J connectivity index is 1.77. The van der Waals surface area contributed by atoms with E-state index in [2.05, 4.69) is 10.2 Å². The normalized spacial score (nSPS) is 26.5. The van der Waals surface area contributed by atoms with Crippen molar-refractivity contribution >= 4 is 17.9 Å². The summed E-state index contributed by atoms with van der Waals surface area (Å²) in [6.45, 7) is 1.82. The molecule has 100 valence electrons. The number of carbonyl (C=O) groups is 2. The summed E-state index contributed by atoms with van der Waals surface area (Å²) < 4.78 is 0. The number of benzene rings is 1. The first-order valence-electron chi connectivity index (χ1n) is 6.86. The second kappa shape index (κ2) is 5.03. The van der Waals surface area contributed by atoms with Gasteiger partial charge in [0.1, 0.15) is 0 Å². The van der Waals surface area contributed by atoms with Gasteiger partial charge in [-0.25, -0.2) is 0 Å². The molecular formula is C15H18N2O2. The van der Waals surface area contributed by atoms with E-state index < -0.39 is 0 Å². The fraction of sp³-hybridized carbons (Fsp3) is 0.467. The van der Waals surface area contributed by atoms with Crippen molar-refractivity contribution in [2.75, 3.05) is 18.0 Å². The lowest BCUT2D eigenvalue weighted by Gasteiger charge is -2.42. The van der Waals surface area contributed by atoms with Crippen molar-refractivity contribution in [3.8, 4) is 0 Å². The molecule has 0 aliphatic carbocycles. The van der Waals surface area contributed by atoms with Crippen LogP contribution in [0.4, 0.5) is 5.69 Å². The number of carbonyl (C=O) groups excluding carboxylic acids is 2. The zero-order valence-corrected chi connectivity index (χ0v) is 10.8. The first-order valence-corrected chi connectivity index (χ1v) is 6.86. The molecule has 2 aliphatic heterocycles. The van der Waals surface area contributed by atoms with Gasteiger partial charge in [0.05, 0.1) is 0 Å². The minimum absolute atomic E-state index is 0.183. The highest BCUT2D eigenvalue weighted by molar-refractivity contribution is 5.84. The van der Waals surface area contributed by atoms with Crippen LogP contribution in [0, 0.1) is 5.92 Å². The highest BCUT2D eigenvalue weighted by Crippen LogP contribution is 2.29. The van der Waals surface area contributed by atoms with Crippen molar-refractivity contribution in [1.82, 2.24) is 5.32 Å². The van der Waals surface area contributed by atoms with Crippen molar-refractivity contribution in [3.05, 3.63) is 29.8 Å². The fourth-order valence-corrected chi connectivity index (χ4v) is 3.20. The number of nitrogens with one attached hydrogen (secondary N) is 1. The number of para-hydroxylation sites is 1. The number of hydrogen-bond donors (Lipinski definition) is 1. The fourth-order valence-electron chi connectivity index (χ4n) is 3.20. The molecule has 3 rings (SSSR count). The molecule has 2 saturated heterocycles. The number of anilines is 1. The quantitative estimate of drug-likeness (QED) is 0.820. The van der Waals surface area contributed by atoms with Crippen molar-refractivity contribution in [2.24, 2.45) is 5.92 Å². The van der Waals surface area contributed by atoms with Crippen molar-refractivity contribution in [1.29, 1.82) is 0 Å². The average molecular weight is 258 g/mol. The molecule has 0 bridgehead atoms. The summed E-state index contributed by atoms with van der Waals surface area (Å²) in [6, 6.07) is 8.04. The molecule has 0 saturated carbocycles. The van der Waals surface area contributed by atoms with E-state index in [9.17, 15) is 9.59 Å². The summed E-state index contributed by atoms with van der Waals surface area (Å²) in [7, 11) is 0. The number of rotatable bonds is 2. The highest BCUT2D eigenvalue weighted by Gasteiger charge is 2.34. The Morgan fingerprint density at radius 3 is 2.95 bits per heavy atom. The summed E-state index contributed by atoms with van der Waals surface area (Å²) >= 11 is 0. The van der Waals surface area contributed by atoms with Crippen LogP contribution in [0.5, 0.6) is 0 Å². The zero-order chi connectivity index (χ0) is 13.2. The molecule has 0 spiro atoms. The van der Waals surface area contributed by atoms with Gasteiger partial charge < -0.3 is 10.2 Å². The summed E-state index contributed by atoms with van der Waals surface area (Å²) in [6.07, 6.45) is 3.47. The molecule has 1 aromatic carbocycles.